The maximum Gasteiger partial charge on any atom is 0.270 e. The summed E-state index contributed by atoms with van der Waals surface area (Å²) < 4.78 is 5.77. The van der Waals surface area contributed by atoms with E-state index in [1.54, 1.807) is 36.9 Å². The highest BCUT2D eigenvalue weighted by atomic mass is 35.5. The summed E-state index contributed by atoms with van der Waals surface area (Å²) >= 11 is 6.06. The number of halogens is 1. The molecule has 1 N–H and O–H groups in total. The molecule has 6 nitrogen and oxygen atoms in total. The maximum atomic E-state index is 12.7. The number of ether oxygens (including phenoxy) is 1. The molecular weight excluding hydrogens is 342 g/mol. The lowest BCUT2D eigenvalue weighted by Crippen LogP contribution is -2.53. The van der Waals surface area contributed by atoms with Gasteiger partial charge in [-0.05, 0) is 59.1 Å². The van der Waals surface area contributed by atoms with Crippen LogP contribution in [0.15, 0.2) is 18.2 Å². The van der Waals surface area contributed by atoms with Crippen molar-refractivity contribution in [1.29, 1.82) is 0 Å². The SMILES string of the molecule is CN(C)CCCNC(=O)CCN1C(=O)C(C)(C)Oc2ccc(Cl)cc21. The second-order valence-electron chi connectivity index (χ2n) is 6.94. The standard InChI is InChI=1S/C18H26ClN3O3/c1-18(2)17(24)22(14-12-13(19)6-7-15(14)25-18)11-8-16(23)20-9-5-10-21(3)4/h6-7,12H,5,8-11H2,1-4H3,(H,20,23). The van der Waals surface area contributed by atoms with Crippen molar-refractivity contribution >= 4 is 29.1 Å². The molecule has 1 aromatic rings. The van der Waals surface area contributed by atoms with Crippen molar-refractivity contribution in [3.05, 3.63) is 23.2 Å². The topological polar surface area (TPSA) is 61.9 Å². The Morgan fingerprint density at radius 3 is 2.76 bits per heavy atom. The van der Waals surface area contributed by atoms with Crippen LogP contribution in [0.3, 0.4) is 0 Å². The Morgan fingerprint density at radius 2 is 2.08 bits per heavy atom. The molecule has 2 amide bonds. The van der Waals surface area contributed by atoms with E-state index in [0.29, 0.717) is 29.5 Å². The number of anilines is 1. The number of hydrogen-bond donors (Lipinski definition) is 1. The third-order valence-electron chi connectivity index (χ3n) is 4.00. The monoisotopic (exact) mass is 367 g/mol. The first kappa shape index (κ1) is 19.5. The molecule has 1 heterocycles. The molecule has 0 spiro atoms. The Morgan fingerprint density at radius 1 is 1.36 bits per heavy atom. The van der Waals surface area contributed by atoms with Crippen molar-refractivity contribution in [3.8, 4) is 5.75 Å². The van der Waals surface area contributed by atoms with Gasteiger partial charge in [0.25, 0.3) is 5.91 Å². The molecule has 7 heteroatoms. The zero-order valence-electron chi connectivity index (χ0n) is 15.3. The lowest BCUT2D eigenvalue weighted by atomic mass is 10.0. The van der Waals surface area contributed by atoms with Gasteiger partial charge in [-0.25, -0.2) is 0 Å². The van der Waals surface area contributed by atoms with Crippen LogP contribution in [0.1, 0.15) is 26.7 Å². The summed E-state index contributed by atoms with van der Waals surface area (Å²) in [5.41, 5.74) is -0.361. The molecule has 138 valence electrons. The van der Waals surface area contributed by atoms with E-state index in [0.717, 1.165) is 13.0 Å². The largest absolute Gasteiger partial charge is 0.476 e. The zero-order valence-corrected chi connectivity index (χ0v) is 16.0. The van der Waals surface area contributed by atoms with Gasteiger partial charge in [-0.2, -0.15) is 0 Å². The lowest BCUT2D eigenvalue weighted by molar-refractivity contribution is -0.132. The van der Waals surface area contributed by atoms with E-state index in [2.05, 4.69) is 10.2 Å². The Hall–Kier alpha value is -1.79. The average molecular weight is 368 g/mol. The summed E-state index contributed by atoms with van der Waals surface area (Å²) in [6, 6.07) is 5.17. The van der Waals surface area contributed by atoms with Crippen LogP contribution in [-0.4, -0.2) is 56.0 Å². The summed E-state index contributed by atoms with van der Waals surface area (Å²) in [6.07, 6.45) is 1.12. The van der Waals surface area contributed by atoms with Crippen LogP contribution in [0.5, 0.6) is 5.75 Å². The molecule has 0 unspecified atom stereocenters. The molecule has 0 saturated heterocycles. The van der Waals surface area contributed by atoms with Gasteiger partial charge < -0.3 is 19.9 Å². The van der Waals surface area contributed by atoms with Gasteiger partial charge in [-0.15, -0.1) is 0 Å². The number of nitrogens with zero attached hydrogens (tertiary/aromatic N) is 2. The number of nitrogens with one attached hydrogen (secondary N) is 1. The van der Waals surface area contributed by atoms with Gasteiger partial charge in [-0.3, -0.25) is 9.59 Å². The minimum atomic E-state index is -0.969. The smallest absolute Gasteiger partial charge is 0.270 e. The fraction of sp³-hybridized carbons (Fsp3) is 0.556. The summed E-state index contributed by atoms with van der Waals surface area (Å²) in [7, 11) is 3.99. The molecule has 0 atom stereocenters. The maximum absolute atomic E-state index is 12.7. The fourth-order valence-corrected chi connectivity index (χ4v) is 2.85. The van der Waals surface area contributed by atoms with Gasteiger partial charge in [0, 0.05) is 24.5 Å². The van der Waals surface area contributed by atoms with Crippen molar-refractivity contribution in [1.82, 2.24) is 10.2 Å². The van der Waals surface area contributed by atoms with Crippen LogP contribution >= 0.6 is 11.6 Å². The van der Waals surface area contributed by atoms with E-state index in [1.807, 2.05) is 14.1 Å². The first-order valence-electron chi connectivity index (χ1n) is 8.42. The third kappa shape index (κ3) is 5.09. The second-order valence-corrected chi connectivity index (χ2v) is 7.37. The van der Waals surface area contributed by atoms with E-state index in [4.69, 9.17) is 16.3 Å². The molecule has 0 bridgehead atoms. The summed E-state index contributed by atoms with van der Waals surface area (Å²) in [5, 5.41) is 3.41. The van der Waals surface area contributed by atoms with Gasteiger partial charge in [0.05, 0.1) is 5.69 Å². The number of fused-ring (bicyclic) bond motifs is 1. The molecule has 0 fully saturated rings. The average Bonchev–Trinajstić information content (AvgIpc) is 2.52. The molecule has 0 radical (unpaired) electrons. The molecule has 0 aromatic heterocycles. The van der Waals surface area contributed by atoms with Gasteiger partial charge in [0.2, 0.25) is 5.91 Å². The molecule has 1 aliphatic rings. The van der Waals surface area contributed by atoms with Crippen LogP contribution in [0, 0.1) is 0 Å². The van der Waals surface area contributed by atoms with Gasteiger partial charge in [0.15, 0.2) is 5.60 Å². The number of carbonyl (C=O) groups is 2. The van der Waals surface area contributed by atoms with Crippen molar-refractivity contribution in [2.75, 3.05) is 38.6 Å². The van der Waals surface area contributed by atoms with Crippen molar-refractivity contribution in [2.45, 2.75) is 32.3 Å². The quantitative estimate of drug-likeness (QED) is 0.751. The number of hydrogen-bond acceptors (Lipinski definition) is 4. The molecule has 2 rings (SSSR count). The highest BCUT2D eigenvalue weighted by Crippen LogP contribution is 2.39. The van der Waals surface area contributed by atoms with Gasteiger partial charge >= 0.3 is 0 Å². The van der Waals surface area contributed by atoms with Crippen molar-refractivity contribution in [2.24, 2.45) is 0 Å². The molecule has 1 aromatic carbocycles. The first-order valence-corrected chi connectivity index (χ1v) is 8.80. The normalized spacial score (nSPS) is 15.8. The molecular formula is C18H26ClN3O3. The van der Waals surface area contributed by atoms with Gasteiger partial charge in [0.1, 0.15) is 5.75 Å². The highest BCUT2D eigenvalue weighted by molar-refractivity contribution is 6.31. The van der Waals surface area contributed by atoms with Crippen LogP contribution in [0.2, 0.25) is 5.02 Å². The third-order valence-corrected chi connectivity index (χ3v) is 4.24. The molecule has 0 aliphatic carbocycles. The van der Waals surface area contributed by atoms with Crippen molar-refractivity contribution < 1.29 is 14.3 Å². The molecule has 1 aliphatic heterocycles. The summed E-state index contributed by atoms with van der Waals surface area (Å²) in [5.74, 6) is 0.350. The molecule has 0 saturated carbocycles. The molecule has 25 heavy (non-hydrogen) atoms. The van der Waals surface area contributed by atoms with Crippen LogP contribution < -0.4 is 15.0 Å². The first-order chi connectivity index (χ1) is 11.7. The van der Waals surface area contributed by atoms with E-state index in [9.17, 15) is 9.59 Å². The summed E-state index contributed by atoms with van der Waals surface area (Å²) in [4.78, 5) is 28.4. The lowest BCUT2D eigenvalue weighted by Gasteiger charge is -2.38. The van der Waals surface area contributed by atoms with Crippen LogP contribution in [-0.2, 0) is 9.59 Å². The van der Waals surface area contributed by atoms with Gasteiger partial charge in [-0.1, -0.05) is 11.6 Å². The minimum absolute atomic E-state index is 0.0700. The predicted octanol–water partition coefficient (Wildman–Crippen LogP) is 2.30. The summed E-state index contributed by atoms with van der Waals surface area (Å²) in [6.45, 7) is 5.28. The van der Waals surface area contributed by atoms with E-state index >= 15 is 0 Å². The number of benzene rings is 1. The predicted molar refractivity (Wildman–Crippen MR) is 99.3 cm³/mol. The Balaban J connectivity index is 1.99. The van der Waals surface area contributed by atoms with Crippen molar-refractivity contribution in [3.63, 3.8) is 0 Å². The van der Waals surface area contributed by atoms with E-state index in [1.165, 1.54) is 0 Å². The Bertz CT molecular complexity index is 646. The van der Waals surface area contributed by atoms with Crippen LogP contribution in [0.4, 0.5) is 5.69 Å². The fourth-order valence-electron chi connectivity index (χ4n) is 2.69. The second kappa shape index (κ2) is 8.06. The Labute approximate surface area is 154 Å². The minimum Gasteiger partial charge on any atom is -0.476 e. The number of rotatable bonds is 7. The van der Waals surface area contributed by atoms with E-state index in [-0.39, 0.29) is 18.2 Å². The van der Waals surface area contributed by atoms with E-state index < -0.39 is 5.60 Å². The highest BCUT2D eigenvalue weighted by Gasteiger charge is 2.40. The zero-order chi connectivity index (χ0) is 18.6. The number of carbonyl (C=O) groups excluding carboxylic acids is 2. The van der Waals surface area contributed by atoms with Crippen LogP contribution in [0.25, 0.3) is 0 Å². The number of amides is 2. The Kier molecular flexibility index (Phi) is 6.30.